The second-order valence-electron chi connectivity index (χ2n) is 10.4. The highest BCUT2D eigenvalue weighted by molar-refractivity contribution is 5.75. The van der Waals surface area contributed by atoms with Gasteiger partial charge in [0.25, 0.3) is 0 Å². The number of benzene rings is 1. The Kier molecular flexibility index (Phi) is 6.21. The highest BCUT2D eigenvalue weighted by Crippen LogP contribution is 2.37. The molecule has 3 aromatic heterocycles. The van der Waals surface area contributed by atoms with Gasteiger partial charge in [0.2, 0.25) is 0 Å². The largest absolute Gasteiger partial charge is 0.367 e. The van der Waals surface area contributed by atoms with Crippen molar-refractivity contribution in [3.63, 3.8) is 0 Å². The number of aromatic nitrogens is 5. The molecule has 2 aliphatic rings. The van der Waals surface area contributed by atoms with E-state index in [1.54, 1.807) is 0 Å². The Morgan fingerprint density at radius 2 is 1.83 bits per heavy atom. The first-order valence-corrected chi connectivity index (χ1v) is 13.4. The SMILES string of the molecule is CCCN1CCC(Nc2ccnc3cc(N4CCCC4c4nc5cc(C)ccc5nc4C)nn23)CC1. The number of nitrogens with one attached hydrogen (secondary N) is 1. The van der Waals surface area contributed by atoms with Gasteiger partial charge in [-0.3, -0.25) is 0 Å². The summed E-state index contributed by atoms with van der Waals surface area (Å²) in [7, 11) is 0. The number of anilines is 2. The zero-order chi connectivity index (χ0) is 24.6. The Bertz CT molecular complexity index is 1370. The average Bonchev–Trinajstić information content (AvgIpc) is 3.53. The van der Waals surface area contributed by atoms with Crippen LogP contribution in [0.3, 0.4) is 0 Å². The first kappa shape index (κ1) is 23.2. The molecule has 2 aliphatic heterocycles. The number of hydrogen-bond donors (Lipinski definition) is 1. The number of piperidine rings is 1. The minimum atomic E-state index is 0.173. The monoisotopic (exact) mass is 484 g/mol. The van der Waals surface area contributed by atoms with Crippen molar-refractivity contribution in [1.29, 1.82) is 0 Å². The Hall–Kier alpha value is -3.26. The molecule has 8 heteroatoms. The van der Waals surface area contributed by atoms with Gasteiger partial charge in [-0.1, -0.05) is 13.0 Å². The van der Waals surface area contributed by atoms with Crippen molar-refractivity contribution in [3.05, 3.63) is 53.5 Å². The number of rotatable bonds is 6. The summed E-state index contributed by atoms with van der Waals surface area (Å²) in [6, 6.07) is 11.1. The van der Waals surface area contributed by atoms with E-state index in [4.69, 9.17) is 15.1 Å². The number of fused-ring (bicyclic) bond motifs is 2. The third kappa shape index (κ3) is 4.39. The molecule has 6 rings (SSSR count). The molecular formula is C28H36N8. The molecule has 36 heavy (non-hydrogen) atoms. The molecule has 1 atom stereocenters. The first-order valence-electron chi connectivity index (χ1n) is 13.4. The van der Waals surface area contributed by atoms with E-state index in [-0.39, 0.29) is 6.04 Å². The quantitative estimate of drug-likeness (QED) is 0.416. The summed E-state index contributed by atoms with van der Waals surface area (Å²) >= 11 is 0. The summed E-state index contributed by atoms with van der Waals surface area (Å²) < 4.78 is 1.98. The number of likely N-dealkylation sites (tertiary alicyclic amines) is 1. The zero-order valence-corrected chi connectivity index (χ0v) is 21.6. The first-order chi connectivity index (χ1) is 17.6. The maximum absolute atomic E-state index is 5.09. The number of aryl methyl sites for hydroxylation is 2. The predicted octanol–water partition coefficient (Wildman–Crippen LogP) is 4.92. The van der Waals surface area contributed by atoms with Gasteiger partial charge in [0, 0.05) is 37.9 Å². The molecule has 1 aromatic carbocycles. The van der Waals surface area contributed by atoms with Crippen LogP contribution in [0.25, 0.3) is 16.7 Å². The van der Waals surface area contributed by atoms with E-state index in [0.717, 1.165) is 85.0 Å². The van der Waals surface area contributed by atoms with E-state index in [2.05, 4.69) is 65.1 Å². The van der Waals surface area contributed by atoms with Crippen molar-refractivity contribution >= 4 is 28.3 Å². The Morgan fingerprint density at radius 3 is 2.67 bits per heavy atom. The van der Waals surface area contributed by atoms with Crippen molar-refractivity contribution in [3.8, 4) is 0 Å². The molecule has 188 valence electrons. The molecule has 1 N–H and O–H groups in total. The molecule has 4 aromatic rings. The Labute approximate surface area is 212 Å². The van der Waals surface area contributed by atoms with Gasteiger partial charge in [0.05, 0.1) is 28.5 Å². The molecular weight excluding hydrogens is 448 g/mol. The molecule has 2 fully saturated rings. The van der Waals surface area contributed by atoms with E-state index < -0.39 is 0 Å². The lowest BCUT2D eigenvalue weighted by atomic mass is 10.0. The van der Waals surface area contributed by atoms with Crippen LogP contribution in [0, 0.1) is 13.8 Å². The van der Waals surface area contributed by atoms with Crippen molar-refractivity contribution in [2.24, 2.45) is 0 Å². The molecule has 0 bridgehead atoms. The van der Waals surface area contributed by atoms with E-state index in [1.165, 1.54) is 18.5 Å². The molecule has 0 radical (unpaired) electrons. The van der Waals surface area contributed by atoms with Crippen molar-refractivity contribution in [2.45, 2.75) is 65.0 Å². The Morgan fingerprint density at radius 1 is 0.972 bits per heavy atom. The van der Waals surface area contributed by atoms with Gasteiger partial charge in [-0.05, 0) is 76.3 Å². The minimum absolute atomic E-state index is 0.173. The van der Waals surface area contributed by atoms with Gasteiger partial charge >= 0.3 is 0 Å². The van der Waals surface area contributed by atoms with Crippen molar-refractivity contribution < 1.29 is 0 Å². The zero-order valence-electron chi connectivity index (χ0n) is 21.6. The van der Waals surface area contributed by atoms with Crippen LogP contribution in [-0.2, 0) is 0 Å². The van der Waals surface area contributed by atoms with E-state index >= 15 is 0 Å². The lowest BCUT2D eigenvalue weighted by molar-refractivity contribution is 0.219. The fourth-order valence-corrected chi connectivity index (χ4v) is 5.87. The van der Waals surface area contributed by atoms with Gasteiger partial charge in [-0.15, -0.1) is 5.10 Å². The average molecular weight is 485 g/mol. The lowest BCUT2D eigenvalue weighted by Gasteiger charge is -2.32. The molecule has 2 saturated heterocycles. The minimum Gasteiger partial charge on any atom is -0.367 e. The second-order valence-corrected chi connectivity index (χ2v) is 10.4. The molecule has 8 nitrogen and oxygen atoms in total. The van der Waals surface area contributed by atoms with Crippen molar-refractivity contribution in [1.82, 2.24) is 29.5 Å². The smallest absolute Gasteiger partial charge is 0.159 e. The van der Waals surface area contributed by atoms with Crippen LogP contribution in [0.15, 0.2) is 36.5 Å². The summed E-state index contributed by atoms with van der Waals surface area (Å²) in [4.78, 5) is 19.6. The summed E-state index contributed by atoms with van der Waals surface area (Å²) in [5, 5.41) is 8.81. The maximum atomic E-state index is 5.09. The fraction of sp³-hybridized carbons (Fsp3) is 0.500. The number of nitrogens with zero attached hydrogens (tertiary/aromatic N) is 7. The van der Waals surface area contributed by atoms with Gasteiger partial charge in [-0.2, -0.15) is 4.52 Å². The molecule has 0 spiro atoms. The molecule has 1 unspecified atom stereocenters. The summed E-state index contributed by atoms with van der Waals surface area (Å²) in [5.74, 6) is 1.98. The van der Waals surface area contributed by atoms with Crippen LogP contribution in [0.5, 0.6) is 0 Å². The van der Waals surface area contributed by atoms with E-state index in [9.17, 15) is 0 Å². The second kappa shape index (κ2) is 9.65. The number of hydrogen-bond acceptors (Lipinski definition) is 7. The normalized spacial score (nSPS) is 19.5. The maximum Gasteiger partial charge on any atom is 0.159 e. The standard InChI is InChI=1S/C28H36N8/c1-4-13-34-15-10-21(11-16-34)31-25-9-12-29-26-18-27(33-36(25)26)35-14-5-6-24(35)28-20(3)30-22-8-7-19(2)17-23(22)32-28/h7-9,12,17-18,21,24,31H,4-6,10-11,13-16H2,1-3H3. The molecule has 0 amide bonds. The lowest BCUT2D eigenvalue weighted by Crippen LogP contribution is -2.39. The van der Waals surface area contributed by atoms with Gasteiger partial charge in [0.1, 0.15) is 5.82 Å². The van der Waals surface area contributed by atoms with Gasteiger partial charge < -0.3 is 15.1 Å². The molecule has 0 aliphatic carbocycles. The Balaban J connectivity index is 1.27. The van der Waals surface area contributed by atoms with Crippen LogP contribution >= 0.6 is 0 Å². The van der Waals surface area contributed by atoms with Crippen LogP contribution < -0.4 is 10.2 Å². The predicted molar refractivity (Wildman–Crippen MR) is 145 cm³/mol. The van der Waals surface area contributed by atoms with Crippen LogP contribution in [-0.4, -0.2) is 61.7 Å². The van der Waals surface area contributed by atoms with E-state index in [1.807, 2.05) is 16.8 Å². The third-order valence-corrected chi connectivity index (χ3v) is 7.72. The summed E-state index contributed by atoms with van der Waals surface area (Å²) in [5.41, 5.74) is 6.07. The van der Waals surface area contributed by atoms with Crippen LogP contribution in [0.2, 0.25) is 0 Å². The van der Waals surface area contributed by atoms with Crippen LogP contribution in [0.1, 0.15) is 62.0 Å². The summed E-state index contributed by atoms with van der Waals surface area (Å²) in [6.45, 7) is 10.9. The van der Waals surface area contributed by atoms with E-state index in [0.29, 0.717) is 6.04 Å². The summed E-state index contributed by atoms with van der Waals surface area (Å²) in [6.07, 6.45) is 7.59. The highest BCUT2D eigenvalue weighted by atomic mass is 15.4. The van der Waals surface area contributed by atoms with Crippen molar-refractivity contribution in [2.75, 3.05) is 36.4 Å². The molecule has 5 heterocycles. The highest BCUT2D eigenvalue weighted by Gasteiger charge is 2.31. The van der Waals surface area contributed by atoms with Gasteiger partial charge in [-0.25, -0.2) is 15.0 Å². The third-order valence-electron chi connectivity index (χ3n) is 7.72. The van der Waals surface area contributed by atoms with Gasteiger partial charge in [0.15, 0.2) is 11.5 Å². The fourth-order valence-electron chi connectivity index (χ4n) is 5.87. The molecule has 0 saturated carbocycles. The topological polar surface area (TPSA) is 74.5 Å². The van der Waals surface area contributed by atoms with Crippen LogP contribution in [0.4, 0.5) is 11.6 Å².